The molecule has 0 saturated carbocycles. The van der Waals surface area contributed by atoms with E-state index in [-0.39, 0.29) is 0 Å². The molecule has 1 amide bonds. The second kappa shape index (κ2) is 6.83. The minimum atomic E-state index is -1.26. The number of rotatable bonds is 4. The molecule has 0 aliphatic heterocycles. The lowest BCUT2D eigenvalue weighted by molar-refractivity contribution is -0.129. The summed E-state index contributed by atoms with van der Waals surface area (Å²) in [6.07, 6.45) is 0.0777. The van der Waals surface area contributed by atoms with E-state index in [1.165, 1.54) is 6.21 Å². The Morgan fingerprint density at radius 1 is 1.35 bits per heavy atom. The first-order chi connectivity index (χ1) is 9.58. The van der Waals surface area contributed by atoms with E-state index < -0.39 is 12.0 Å². The fourth-order valence-corrected chi connectivity index (χ4v) is 2.04. The fraction of sp³-hybridized carbons (Fsp3) is 0.0769. The molecule has 0 fully saturated rings. The number of carbonyl (C=O) groups is 1. The number of halogens is 2. The predicted molar refractivity (Wildman–Crippen MR) is 81.2 cm³/mol. The first-order valence-electron chi connectivity index (χ1n) is 5.58. The Morgan fingerprint density at radius 2 is 2.05 bits per heavy atom. The third-order valence-corrected chi connectivity index (χ3v) is 4.10. The van der Waals surface area contributed by atoms with Crippen molar-refractivity contribution in [3.63, 3.8) is 0 Å². The smallest absolute Gasteiger partial charge is 0.273 e. The fourth-order valence-electron chi connectivity index (χ4n) is 1.43. The van der Waals surface area contributed by atoms with Gasteiger partial charge in [0.25, 0.3) is 5.91 Å². The highest BCUT2D eigenvalue weighted by atomic mass is 79.9. The van der Waals surface area contributed by atoms with Crippen LogP contribution in [0.15, 0.2) is 55.1 Å². The highest BCUT2D eigenvalue weighted by molar-refractivity contribution is 9.13. The summed E-state index contributed by atoms with van der Waals surface area (Å²) in [6, 6.07) is 10.3. The van der Waals surface area contributed by atoms with Crippen LogP contribution in [0.4, 0.5) is 0 Å². The van der Waals surface area contributed by atoms with Crippen LogP contribution in [0.5, 0.6) is 0 Å². The zero-order valence-electron chi connectivity index (χ0n) is 10.1. The molecule has 0 bridgehead atoms. The summed E-state index contributed by atoms with van der Waals surface area (Å²) < 4.78 is 6.53. The number of furan rings is 1. The van der Waals surface area contributed by atoms with Crippen molar-refractivity contribution < 1.29 is 14.3 Å². The van der Waals surface area contributed by atoms with E-state index in [0.29, 0.717) is 16.0 Å². The number of nitrogens with one attached hydrogen (secondary N) is 1. The van der Waals surface area contributed by atoms with Crippen molar-refractivity contribution in [3.05, 3.63) is 56.9 Å². The number of carbonyl (C=O) groups excluding carboxylic acids is 1. The van der Waals surface area contributed by atoms with Crippen molar-refractivity contribution in [3.8, 4) is 0 Å². The monoisotopic (exact) mass is 400 g/mol. The Kier molecular flexibility index (Phi) is 5.11. The van der Waals surface area contributed by atoms with E-state index in [4.69, 9.17) is 4.42 Å². The Bertz CT molecular complexity index is 606. The number of hydrogen-bond acceptors (Lipinski definition) is 4. The number of aliphatic hydroxyl groups is 1. The zero-order chi connectivity index (χ0) is 14.5. The van der Waals surface area contributed by atoms with Gasteiger partial charge in [0.1, 0.15) is 5.76 Å². The molecule has 0 aliphatic rings. The van der Waals surface area contributed by atoms with Gasteiger partial charge in [0.05, 0.1) is 10.7 Å². The highest BCUT2D eigenvalue weighted by Gasteiger charge is 2.16. The summed E-state index contributed by atoms with van der Waals surface area (Å²) in [4.78, 5) is 11.7. The molecule has 1 unspecified atom stereocenters. The van der Waals surface area contributed by atoms with E-state index in [9.17, 15) is 9.90 Å². The average Bonchev–Trinajstić information content (AvgIpc) is 2.77. The number of aliphatic hydroxyl groups excluding tert-OH is 1. The first-order valence-corrected chi connectivity index (χ1v) is 7.17. The third kappa shape index (κ3) is 3.78. The van der Waals surface area contributed by atoms with Gasteiger partial charge < -0.3 is 9.52 Å². The maximum atomic E-state index is 11.7. The molecule has 20 heavy (non-hydrogen) atoms. The molecule has 0 spiro atoms. The average molecular weight is 402 g/mol. The van der Waals surface area contributed by atoms with Crippen molar-refractivity contribution in [1.29, 1.82) is 0 Å². The minimum absolute atomic E-state index is 0.457. The summed E-state index contributed by atoms with van der Waals surface area (Å²) in [5.41, 5.74) is 2.75. The molecule has 0 saturated heterocycles. The molecule has 1 heterocycles. The van der Waals surface area contributed by atoms with Gasteiger partial charge in [0.2, 0.25) is 0 Å². The summed E-state index contributed by atoms with van der Waals surface area (Å²) in [5.74, 6) is -0.157. The van der Waals surface area contributed by atoms with Crippen LogP contribution in [0.25, 0.3) is 0 Å². The maximum Gasteiger partial charge on any atom is 0.273 e. The van der Waals surface area contributed by atoms with Crippen LogP contribution in [0.1, 0.15) is 17.4 Å². The molecule has 2 aromatic rings. The van der Waals surface area contributed by atoms with Gasteiger partial charge in [-0.3, -0.25) is 4.79 Å². The van der Waals surface area contributed by atoms with E-state index >= 15 is 0 Å². The molecule has 0 radical (unpaired) electrons. The van der Waals surface area contributed by atoms with Gasteiger partial charge in [-0.1, -0.05) is 30.3 Å². The van der Waals surface area contributed by atoms with Gasteiger partial charge in [-0.05, 0) is 37.4 Å². The Labute approximate surface area is 131 Å². The van der Waals surface area contributed by atoms with Gasteiger partial charge in [0.15, 0.2) is 10.8 Å². The van der Waals surface area contributed by atoms with E-state index in [1.54, 1.807) is 36.4 Å². The minimum Gasteiger partial charge on any atom is -0.447 e. The summed E-state index contributed by atoms with van der Waals surface area (Å²) in [5, 5.41) is 13.5. The van der Waals surface area contributed by atoms with Crippen LogP contribution in [0.3, 0.4) is 0 Å². The van der Waals surface area contributed by atoms with Crippen molar-refractivity contribution in [2.24, 2.45) is 5.10 Å². The lowest BCUT2D eigenvalue weighted by atomic mass is 10.1. The second-order valence-electron chi connectivity index (χ2n) is 3.82. The third-order valence-electron chi connectivity index (χ3n) is 2.39. The maximum absolute atomic E-state index is 11.7. The zero-order valence-corrected chi connectivity index (χ0v) is 13.3. The molecule has 2 N–H and O–H groups in total. The van der Waals surface area contributed by atoms with Crippen LogP contribution in [-0.2, 0) is 4.79 Å². The Balaban J connectivity index is 1.95. The Hall–Kier alpha value is -1.44. The van der Waals surface area contributed by atoms with Gasteiger partial charge in [-0.2, -0.15) is 5.10 Å². The Morgan fingerprint density at radius 3 is 2.65 bits per heavy atom. The lowest BCUT2D eigenvalue weighted by Gasteiger charge is -2.08. The molecular weight excluding hydrogens is 392 g/mol. The van der Waals surface area contributed by atoms with Gasteiger partial charge in [-0.15, -0.1) is 0 Å². The van der Waals surface area contributed by atoms with Crippen molar-refractivity contribution >= 4 is 44.0 Å². The van der Waals surface area contributed by atoms with E-state index in [2.05, 4.69) is 42.4 Å². The normalized spacial score (nSPS) is 12.6. The van der Waals surface area contributed by atoms with Crippen LogP contribution in [-0.4, -0.2) is 17.2 Å². The quantitative estimate of drug-likeness (QED) is 0.610. The molecule has 1 atom stereocenters. The molecule has 1 aromatic carbocycles. The van der Waals surface area contributed by atoms with Gasteiger partial charge in [0, 0.05) is 6.07 Å². The number of nitrogens with zero attached hydrogens (tertiary/aromatic N) is 1. The molecule has 1 aromatic heterocycles. The number of hydrazone groups is 1. The van der Waals surface area contributed by atoms with E-state index in [1.807, 2.05) is 0 Å². The summed E-state index contributed by atoms with van der Waals surface area (Å²) in [6.45, 7) is 0. The molecule has 2 rings (SSSR count). The van der Waals surface area contributed by atoms with Crippen LogP contribution in [0, 0.1) is 0 Å². The SMILES string of the molecule is O=C(N/N=C/c1cc(Br)c(Br)o1)C(O)c1ccccc1. The van der Waals surface area contributed by atoms with Crippen LogP contribution >= 0.6 is 31.9 Å². The largest absolute Gasteiger partial charge is 0.447 e. The molecule has 104 valence electrons. The summed E-state index contributed by atoms with van der Waals surface area (Å²) in [7, 11) is 0. The van der Waals surface area contributed by atoms with Crippen molar-refractivity contribution in [2.75, 3.05) is 0 Å². The first kappa shape index (κ1) is 15.0. The molecular formula is C13H10Br2N2O3. The summed E-state index contributed by atoms with van der Waals surface area (Å²) >= 11 is 6.45. The standard InChI is InChI=1S/C13H10Br2N2O3/c14-10-6-9(20-12(10)15)7-16-17-13(19)11(18)8-4-2-1-3-5-8/h1-7,11,18H,(H,17,19)/b16-7+. The van der Waals surface area contributed by atoms with Crippen molar-refractivity contribution in [2.45, 2.75) is 6.10 Å². The van der Waals surface area contributed by atoms with Crippen LogP contribution < -0.4 is 5.43 Å². The topological polar surface area (TPSA) is 74.8 Å². The number of hydrogen-bond donors (Lipinski definition) is 2. The van der Waals surface area contributed by atoms with Gasteiger partial charge in [-0.25, -0.2) is 5.43 Å². The number of amides is 1. The second-order valence-corrected chi connectivity index (χ2v) is 5.39. The number of benzene rings is 1. The lowest BCUT2D eigenvalue weighted by Crippen LogP contribution is -2.25. The van der Waals surface area contributed by atoms with Crippen molar-refractivity contribution in [1.82, 2.24) is 5.43 Å². The molecule has 0 aliphatic carbocycles. The van der Waals surface area contributed by atoms with Gasteiger partial charge >= 0.3 is 0 Å². The molecule has 5 nitrogen and oxygen atoms in total. The van der Waals surface area contributed by atoms with E-state index in [0.717, 1.165) is 4.47 Å². The predicted octanol–water partition coefficient (Wildman–Crippen LogP) is 2.99. The van der Waals surface area contributed by atoms with Crippen LogP contribution in [0.2, 0.25) is 0 Å². The highest BCUT2D eigenvalue weighted by Crippen LogP contribution is 2.25. The molecule has 7 heteroatoms.